The minimum Gasteiger partial charge on any atom is -0.496 e. The summed E-state index contributed by atoms with van der Waals surface area (Å²) < 4.78 is 10.8. The van der Waals surface area contributed by atoms with E-state index in [-0.39, 0.29) is 23.3 Å². The second kappa shape index (κ2) is 12.0. The van der Waals surface area contributed by atoms with E-state index in [1.54, 1.807) is 38.1 Å². The molecule has 2 rings (SSSR count). The van der Waals surface area contributed by atoms with Gasteiger partial charge >= 0.3 is 0 Å². The molecule has 2 amide bonds. The molecule has 0 N–H and O–H groups in total. The fourth-order valence-corrected chi connectivity index (χ4v) is 4.97. The van der Waals surface area contributed by atoms with Gasteiger partial charge in [0, 0.05) is 27.2 Å². The van der Waals surface area contributed by atoms with Crippen LogP contribution in [0, 0.1) is 27.7 Å². The molecule has 0 spiro atoms. The van der Waals surface area contributed by atoms with Crippen LogP contribution >= 0.6 is 11.8 Å². The molecule has 0 bridgehead atoms. The molecule has 0 aliphatic carbocycles. The summed E-state index contributed by atoms with van der Waals surface area (Å²) in [6.07, 6.45) is 0. The third-order valence-electron chi connectivity index (χ3n) is 5.59. The first-order chi connectivity index (χ1) is 15.6. The molecule has 0 atom stereocenters. The van der Waals surface area contributed by atoms with E-state index in [0.717, 1.165) is 44.9 Å². The Morgan fingerprint density at radius 1 is 0.697 bits per heavy atom. The van der Waals surface area contributed by atoms with Crippen molar-refractivity contribution in [2.45, 2.75) is 40.8 Å². The van der Waals surface area contributed by atoms with Crippen LogP contribution in [0.5, 0.6) is 11.5 Å². The number of carbonyl (C=O) groups is 2. The van der Waals surface area contributed by atoms with E-state index in [9.17, 15) is 9.59 Å². The Morgan fingerprint density at radius 2 is 1.00 bits per heavy atom. The summed E-state index contributed by atoms with van der Waals surface area (Å²) in [6.45, 7) is 9.06. The first-order valence-corrected chi connectivity index (χ1v) is 12.1. The molecule has 180 valence electrons. The number of aryl methyl sites for hydroxylation is 4. The van der Waals surface area contributed by atoms with Gasteiger partial charge in [-0.15, -0.1) is 11.8 Å². The highest BCUT2D eigenvalue weighted by Crippen LogP contribution is 2.26. The van der Waals surface area contributed by atoms with Crippen LogP contribution < -0.4 is 9.47 Å². The van der Waals surface area contributed by atoms with Gasteiger partial charge in [0.15, 0.2) is 0 Å². The van der Waals surface area contributed by atoms with Crippen molar-refractivity contribution >= 4 is 23.6 Å². The van der Waals surface area contributed by atoms with Crippen LogP contribution in [-0.4, -0.2) is 61.4 Å². The zero-order valence-electron chi connectivity index (χ0n) is 21.1. The molecule has 33 heavy (non-hydrogen) atoms. The van der Waals surface area contributed by atoms with Crippen molar-refractivity contribution in [1.29, 1.82) is 0 Å². The highest BCUT2D eigenvalue weighted by Gasteiger charge is 2.15. The van der Waals surface area contributed by atoms with E-state index >= 15 is 0 Å². The van der Waals surface area contributed by atoms with Crippen molar-refractivity contribution in [3.05, 3.63) is 57.6 Å². The topological polar surface area (TPSA) is 59.1 Å². The van der Waals surface area contributed by atoms with Crippen molar-refractivity contribution in [2.24, 2.45) is 0 Å². The van der Waals surface area contributed by atoms with E-state index in [4.69, 9.17) is 9.47 Å². The molecule has 0 heterocycles. The van der Waals surface area contributed by atoms with Crippen molar-refractivity contribution in [2.75, 3.05) is 39.8 Å². The lowest BCUT2D eigenvalue weighted by molar-refractivity contribution is -0.127. The summed E-state index contributed by atoms with van der Waals surface area (Å²) in [4.78, 5) is 28.5. The molecular formula is C26H36N2O4S. The third kappa shape index (κ3) is 7.16. The molecule has 7 heteroatoms. The molecule has 6 nitrogen and oxygen atoms in total. The predicted molar refractivity (Wildman–Crippen MR) is 135 cm³/mol. The third-order valence-corrected chi connectivity index (χ3v) is 6.49. The monoisotopic (exact) mass is 472 g/mol. The summed E-state index contributed by atoms with van der Waals surface area (Å²) in [5, 5.41) is 0. The highest BCUT2D eigenvalue weighted by molar-refractivity contribution is 8.00. The molecule has 0 fully saturated rings. The predicted octanol–water partition coefficient (Wildman–Crippen LogP) is 4.29. The molecule has 0 saturated heterocycles. The van der Waals surface area contributed by atoms with Crippen LogP contribution in [0.4, 0.5) is 0 Å². The van der Waals surface area contributed by atoms with Crippen molar-refractivity contribution in [3.8, 4) is 11.5 Å². The molecule has 2 aromatic carbocycles. The Kier molecular flexibility index (Phi) is 9.65. The summed E-state index contributed by atoms with van der Waals surface area (Å²) in [7, 11) is 6.92. The summed E-state index contributed by atoms with van der Waals surface area (Å²) in [5.74, 6) is 2.30. The van der Waals surface area contributed by atoms with E-state index in [1.807, 2.05) is 52.0 Å². The Labute approximate surface area is 202 Å². The second-order valence-electron chi connectivity index (χ2n) is 8.52. The molecule has 0 aliphatic rings. The number of carbonyl (C=O) groups excluding carboxylic acids is 2. The number of methoxy groups -OCH3 is 2. The Hall–Kier alpha value is -2.67. The van der Waals surface area contributed by atoms with Gasteiger partial charge in [0.2, 0.25) is 11.8 Å². The lowest BCUT2D eigenvalue weighted by Crippen LogP contribution is -2.30. The van der Waals surface area contributed by atoms with Crippen LogP contribution in [0.15, 0.2) is 24.3 Å². The van der Waals surface area contributed by atoms with E-state index < -0.39 is 0 Å². The Bertz CT molecular complexity index is 880. The van der Waals surface area contributed by atoms with Gasteiger partial charge in [-0.3, -0.25) is 9.59 Å². The average Bonchev–Trinajstić information content (AvgIpc) is 2.73. The first kappa shape index (κ1) is 26.6. The number of nitrogens with zero attached hydrogens (tertiary/aromatic N) is 2. The fraction of sp³-hybridized carbons (Fsp3) is 0.462. The first-order valence-electron chi connectivity index (χ1n) is 10.9. The van der Waals surface area contributed by atoms with E-state index in [2.05, 4.69) is 0 Å². The minimum atomic E-state index is 0.00276. The standard InChI is InChI=1S/C26H36N2O4S/c1-17-9-21(10-18(2)25(17)31-7)13-27(5)23(29)15-33-16-24(30)28(6)14-22-11-19(3)26(32-8)20(4)12-22/h9-12H,13-16H2,1-8H3. The maximum Gasteiger partial charge on any atom is 0.232 e. The van der Waals surface area contributed by atoms with Gasteiger partial charge in [0.25, 0.3) is 0 Å². The number of benzene rings is 2. The second-order valence-corrected chi connectivity index (χ2v) is 9.50. The Balaban J connectivity index is 1.84. The zero-order valence-corrected chi connectivity index (χ0v) is 21.9. The number of hydrogen-bond acceptors (Lipinski definition) is 5. The average molecular weight is 473 g/mol. The normalized spacial score (nSPS) is 10.7. The van der Waals surface area contributed by atoms with Gasteiger partial charge in [-0.1, -0.05) is 24.3 Å². The smallest absolute Gasteiger partial charge is 0.232 e. The van der Waals surface area contributed by atoms with Crippen LogP contribution in [0.25, 0.3) is 0 Å². The van der Waals surface area contributed by atoms with Crippen LogP contribution in [0.2, 0.25) is 0 Å². The lowest BCUT2D eigenvalue weighted by Gasteiger charge is -2.20. The molecule has 0 unspecified atom stereocenters. The van der Waals surface area contributed by atoms with Crippen LogP contribution in [0.3, 0.4) is 0 Å². The largest absolute Gasteiger partial charge is 0.496 e. The van der Waals surface area contributed by atoms with Gasteiger partial charge in [-0.05, 0) is 61.1 Å². The molecule has 0 aromatic heterocycles. The Morgan fingerprint density at radius 3 is 1.27 bits per heavy atom. The van der Waals surface area contributed by atoms with Gasteiger partial charge in [0.05, 0.1) is 25.7 Å². The molecule has 0 saturated carbocycles. The highest BCUT2D eigenvalue weighted by atomic mass is 32.2. The SMILES string of the molecule is COc1c(C)cc(CN(C)C(=O)CSCC(=O)N(C)Cc2cc(C)c(OC)c(C)c2)cc1C. The molecule has 0 radical (unpaired) electrons. The lowest BCUT2D eigenvalue weighted by atomic mass is 10.1. The van der Waals surface area contributed by atoms with E-state index in [1.165, 1.54) is 11.8 Å². The van der Waals surface area contributed by atoms with Gasteiger partial charge in [-0.2, -0.15) is 0 Å². The quantitative estimate of drug-likeness (QED) is 0.516. The summed E-state index contributed by atoms with van der Waals surface area (Å²) in [6, 6.07) is 8.18. The maximum atomic E-state index is 12.6. The van der Waals surface area contributed by atoms with Crippen molar-refractivity contribution in [1.82, 2.24) is 9.80 Å². The summed E-state index contributed by atoms with van der Waals surface area (Å²) >= 11 is 1.35. The van der Waals surface area contributed by atoms with Gasteiger partial charge < -0.3 is 19.3 Å². The number of amides is 2. The van der Waals surface area contributed by atoms with Crippen LogP contribution in [0.1, 0.15) is 33.4 Å². The minimum absolute atomic E-state index is 0.00276. The summed E-state index contributed by atoms with van der Waals surface area (Å²) in [5.41, 5.74) is 6.34. The maximum absolute atomic E-state index is 12.6. The van der Waals surface area contributed by atoms with Crippen molar-refractivity contribution in [3.63, 3.8) is 0 Å². The number of thioether (sulfide) groups is 1. The number of hydrogen-bond donors (Lipinski definition) is 0. The van der Waals surface area contributed by atoms with Gasteiger partial charge in [0.1, 0.15) is 11.5 Å². The number of ether oxygens (including phenoxy) is 2. The number of rotatable bonds is 10. The fourth-order valence-electron chi connectivity index (χ4n) is 4.08. The molecule has 0 aliphatic heterocycles. The van der Waals surface area contributed by atoms with Gasteiger partial charge in [-0.25, -0.2) is 0 Å². The van der Waals surface area contributed by atoms with E-state index in [0.29, 0.717) is 13.1 Å². The van der Waals surface area contributed by atoms with Crippen molar-refractivity contribution < 1.29 is 19.1 Å². The van der Waals surface area contributed by atoms with Crippen LogP contribution in [-0.2, 0) is 22.7 Å². The molecular weight excluding hydrogens is 436 g/mol. The molecule has 2 aromatic rings. The zero-order chi connectivity index (χ0) is 24.7.